The Balaban J connectivity index is 1.58. The summed E-state index contributed by atoms with van der Waals surface area (Å²) in [4.78, 5) is 2.63. The summed E-state index contributed by atoms with van der Waals surface area (Å²) in [6.07, 6.45) is 7.01. The van der Waals surface area contributed by atoms with Gasteiger partial charge in [0, 0.05) is 32.3 Å². The van der Waals surface area contributed by atoms with Gasteiger partial charge in [0.15, 0.2) is 0 Å². The van der Waals surface area contributed by atoms with Crippen molar-refractivity contribution >= 4 is 0 Å². The van der Waals surface area contributed by atoms with Gasteiger partial charge in [0.2, 0.25) is 0 Å². The quantitative estimate of drug-likeness (QED) is 0.833. The maximum absolute atomic E-state index is 6.43. The summed E-state index contributed by atoms with van der Waals surface area (Å²) >= 11 is 0. The molecule has 0 spiro atoms. The summed E-state index contributed by atoms with van der Waals surface area (Å²) in [6.45, 7) is 6.73. The summed E-state index contributed by atoms with van der Waals surface area (Å²) in [7, 11) is 0. The Morgan fingerprint density at radius 1 is 1.28 bits per heavy atom. The second-order valence-corrected chi connectivity index (χ2v) is 6.59. The number of rotatable bonds is 3. The lowest BCUT2D eigenvalue weighted by molar-refractivity contribution is 0.0476. The normalized spacial score (nSPS) is 45.3. The summed E-state index contributed by atoms with van der Waals surface area (Å²) in [5.74, 6) is 2.53. The monoisotopic (exact) mass is 252 g/mol. The summed E-state index contributed by atoms with van der Waals surface area (Å²) in [5, 5.41) is 0. The average molecular weight is 252 g/mol. The van der Waals surface area contributed by atoms with E-state index in [1.165, 1.54) is 38.8 Å². The molecule has 2 saturated carbocycles. The van der Waals surface area contributed by atoms with Crippen molar-refractivity contribution in [1.29, 1.82) is 0 Å². The first kappa shape index (κ1) is 12.9. The van der Waals surface area contributed by atoms with Crippen LogP contribution in [0, 0.1) is 17.8 Å². The summed E-state index contributed by atoms with van der Waals surface area (Å²) in [5.41, 5.74) is 6.43. The van der Waals surface area contributed by atoms with Crippen LogP contribution in [0.15, 0.2) is 0 Å². The Bertz CT molecular complexity index is 282. The lowest BCUT2D eigenvalue weighted by Crippen LogP contribution is -2.44. The zero-order valence-corrected chi connectivity index (χ0v) is 11.7. The lowest BCUT2D eigenvalue weighted by atomic mass is 9.84. The standard InChI is InChI=1S/C15H28N2O/c1-2-13-9-17(6-3-7-18-13)10-14-11-4-5-12(8-11)15(14)16/h11-15H,2-10,16H2,1H3. The molecule has 3 aliphatic rings. The van der Waals surface area contributed by atoms with Crippen molar-refractivity contribution < 1.29 is 4.74 Å². The van der Waals surface area contributed by atoms with E-state index in [9.17, 15) is 0 Å². The highest BCUT2D eigenvalue weighted by molar-refractivity contribution is 5.00. The summed E-state index contributed by atoms with van der Waals surface area (Å²) in [6, 6.07) is 0.480. The fraction of sp³-hybridized carbons (Fsp3) is 1.00. The molecule has 5 unspecified atom stereocenters. The first-order valence-electron chi connectivity index (χ1n) is 7.87. The fourth-order valence-electron chi connectivity index (χ4n) is 4.41. The molecule has 0 aromatic carbocycles. The van der Waals surface area contributed by atoms with Crippen molar-refractivity contribution in [3.8, 4) is 0 Å². The molecule has 5 atom stereocenters. The van der Waals surface area contributed by atoms with Crippen molar-refractivity contribution in [2.75, 3.05) is 26.2 Å². The van der Waals surface area contributed by atoms with Gasteiger partial charge in [-0.2, -0.15) is 0 Å². The topological polar surface area (TPSA) is 38.5 Å². The minimum atomic E-state index is 0.447. The van der Waals surface area contributed by atoms with E-state index >= 15 is 0 Å². The number of hydrogen-bond acceptors (Lipinski definition) is 3. The maximum atomic E-state index is 6.43. The number of fused-ring (bicyclic) bond motifs is 2. The highest BCUT2D eigenvalue weighted by Gasteiger charge is 2.46. The maximum Gasteiger partial charge on any atom is 0.0699 e. The largest absolute Gasteiger partial charge is 0.377 e. The molecule has 2 aliphatic carbocycles. The Morgan fingerprint density at radius 2 is 2.11 bits per heavy atom. The highest BCUT2D eigenvalue weighted by Crippen LogP contribution is 2.47. The van der Waals surface area contributed by atoms with Crippen LogP contribution in [0.5, 0.6) is 0 Å². The Hall–Kier alpha value is -0.120. The van der Waals surface area contributed by atoms with Crippen LogP contribution in [0.1, 0.15) is 39.0 Å². The van der Waals surface area contributed by atoms with E-state index < -0.39 is 0 Å². The van der Waals surface area contributed by atoms with E-state index in [1.807, 2.05) is 0 Å². The Morgan fingerprint density at radius 3 is 2.83 bits per heavy atom. The van der Waals surface area contributed by atoms with Crippen molar-refractivity contribution in [3.05, 3.63) is 0 Å². The lowest BCUT2D eigenvalue weighted by Gasteiger charge is -2.33. The van der Waals surface area contributed by atoms with Gasteiger partial charge in [-0.15, -0.1) is 0 Å². The molecular weight excluding hydrogens is 224 g/mol. The van der Waals surface area contributed by atoms with Crippen LogP contribution in [-0.4, -0.2) is 43.3 Å². The number of nitrogens with two attached hydrogens (primary N) is 1. The van der Waals surface area contributed by atoms with Gasteiger partial charge in [-0.3, -0.25) is 0 Å². The molecule has 0 aromatic rings. The van der Waals surface area contributed by atoms with Crippen LogP contribution < -0.4 is 5.73 Å². The molecule has 0 radical (unpaired) electrons. The molecule has 3 rings (SSSR count). The van der Waals surface area contributed by atoms with Crippen molar-refractivity contribution in [1.82, 2.24) is 4.90 Å². The molecule has 2 N–H and O–H groups in total. The third kappa shape index (κ3) is 2.45. The first-order chi connectivity index (χ1) is 8.78. The van der Waals surface area contributed by atoms with Crippen LogP contribution >= 0.6 is 0 Å². The third-order valence-electron chi connectivity index (χ3n) is 5.52. The zero-order chi connectivity index (χ0) is 12.5. The van der Waals surface area contributed by atoms with E-state index in [0.29, 0.717) is 12.1 Å². The molecule has 18 heavy (non-hydrogen) atoms. The fourth-order valence-corrected chi connectivity index (χ4v) is 4.41. The molecule has 1 aliphatic heterocycles. The van der Waals surface area contributed by atoms with Crippen LogP contribution in [0.25, 0.3) is 0 Å². The van der Waals surface area contributed by atoms with E-state index in [4.69, 9.17) is 10.5 Å². The second kappa shape index (κ2) is 5.48. The molecule has 3 fully saturated rings. The van der Waals surface area contributed by atoms with Crippen molar-refractivity contribution in [2.24, 2.45) is 23.5 Å². The molecule has 3 nitrogen and oxygen atoms in total. The predicted molar refractivity (Wildman–Crippen MR) is 73.4 cm³/mol. The van der Waals surface area contributed by atoms with Gasteiger partial charge in [-0.05, 0) is 49.9 Å². The van der Waals surface area contributed by atoms with Gasteiger partial charge in [0.05, 0.1) is 6.10 Å². The van der Waals surface area contributed by atoms with E-state index in [2.05, 4.69) is 11.8 Å². The van der Waals surface area contributed by atoms with Gasteiger partial charge in [0.1, 0.15) is 0 Å². The molecule has 0 aromatic heterocycles. The minimum absolute atomic E-state index is 0.447. The minimum Gasteiger partial charge on any atom is -0.377 e. The van der Waals surface area contributed by atoms with E-state index in [0.717, 1.165) is 37.3 Å². The zero-order valence-electron chi connectivity index (χ0n) is 11.7. The average Bonchev–Trinajstić information content (AvgIpc) is 2.87. The van der Waals surface area contributed by atoms with Crippen molar-refractivity contribution in [2.45, 2.75) is 51.2 Å². The first-order valence-corrected chi connectivity index (χ1v) is 7.87. The second-order valence-electron chi connectivity index (χ2n) is 6.59. The van der Waals surface area contributed by atoms with Gasteiger partial charge < -0.3 is 15.4 Å². The van der Waals surface area contributed by atoms with Gasteiger partial charge in [-0.25, -0.2) is 0 Å². The van der Waals surface area contributed by atoms with E-state index in [-0.39, 0.29) is 0 Å². The molecule has 2 bridgehead atoms. The summed E-state index contributed by atoms with van der Waals surface area (Å²) < 4.78 is 5.86. The van der Waals surface area contributed by atoms with Gasteiger partial charge in [0.25, 0.3) is 0 Å². The highest BCUT2D eigenvalue weighted by atomic mass is 16.5. The molecule has 1 saturated heterocycles. The molecular formula is C15H28N2O. The number of nitrogens with zero attached hydrogens (tertiary/aromatic N) is 1. The predicted octanol–water partition coefficient (Wildman–Crippen LogP) is 1.86. The smallest absolute Gasteiger partial charge is 0.0699 e. The Labute approximate surface area is 111 Å². The van der Waals surface area contributed by atoms with Crippen LogP contribution in [-0.2, 0) is 4.74 Å². The molecule has 0 amide bonds. The molecule has 1 heterocycles. The number of ether oxygens (including phenoxy) is 1. The molecule has 104 valence electrons. The van der Waals surface area contributed by atoms with Crippen LogP contribution in [0.2, 0.25) is 0 Å². The van der Waals surface area contributed by atoms with Crippen LogP contribution in [0.4, 0.5) is 0 Å². The van der Waals surface area contributed by atoms with E-state index in [1.54, 1.807) is 0 Å². The third-order valence-corrected chi connectivity index (χ3v) is 5.52. The SMILES string of the molecule is CCC1CN(CC2C3CCC(C3)C2N)CCCO1. The molecule has 3 heteroatoms. The van der Waals surface area contributed by atoms with Gasteiger partial charge >= 0.3 is 0 Å². The van der Waals surface area contributed by atoms with Crippen LogP contribution in [0.3, 0.4) is 0 Å². The van der Waals surface area contributed by atoms with Crippen molar-refractivity contribution in [3.63, 3.8) is 0 Å². The Kier molecular flexibility index (Phi) is 3.92. The number of hydrogen-bond donors (Lipinski definition) is 1. The van der Waals surface area contributed by atoms with Gasteiger partial charge in [-0.1, -0.05) is 6.92 Å².